The van der Waals surface area contributed by atoms with Crippen LogP contribution in [0.3, 0.4) is 0 Å². The van der Waals surface area contributed by atoms with Crippen molar-refractivity contribution in [2.45, 2.75) is 0 Å². The first kappa shape index (κ1) is 21.9. The molecular weight excluding hydrogens is 462 g/mol. The van der Waals surface area contributed by atoms with E-state index in [9.17, 15) is 5.26 Å². The van der Waals surface area contributed by atoms with E-state index in [2.05, 4.69) is 78.9 Å². The third-order valence-electron chi connectivity index (χ3n) is 7.09. The number of aromatic nitrogens is 2. The van der Waals surface area contributed by atoms with E-state index in [0.29, 0.717) is 11.4 Å². The predicted octanol–water partition coefficient (Wildman–Crippen LogP) is 8.81. The highest BCUT2D eigenvalue weighted by Gasteiger charge is 2.16. The molecule has 0 spiro atoms. The molecule has 0 bridgehead atoms. The zero-order chi connectivity index (χ0) is 25.5. The molecule has 7 aromatic rings. The van der Waals surface area contributed by atoms with Crippen molar-refractivity contribution in [2.24, 2.45) is 0 Å². The van der Waals surface area contributed by atoms with Gasteiger partial charge in [0, 0.05) is 16.7 Å². The molecule has 0 aliphatic carbocycles. The maximum atomic E-state index is 9.29. The van der Waals surface area contributed by atoms with Gasteiger partial charge in [-0.25, -0.2) is 9.97 Å². The smallest absolute Gasteiger partial charge is 0.160 e. The topological polar surface area (TPSA) is 49.6 Å². The van der Waals surface area contributed by atoms with Crippen LogP contribution < -0.4 is 0 Å². The summed E-state index contributed by atoms with van der Waals surface area (Å²) in [5.41, 5.74) is 5.31. The summed E-state index contributed by atoms with van der Waals surface area (Å²) in [6.07, 6.45) is 0. The van der Waals surface area contributed by atoms with Crippen LogP contribution in [0.2, 0.25) is 0 Å². The van der Waals surface area contributed by atoms with Gasteiger partial charge in [-0.2, -0.15) is 5.26 Å². The van der Waals surface area contributed by atoms with Crippen LogP contribution in [0.4, 0.5) is 0 Å². The monoisotopic (exact) mass is 483 g/mol. The van der Waals surface area contributed by atoms with E-state index in [4.69, 9.17) is 9.97 Å². The maximum Gasteiger partial charge on any atom is 0.160 e. The molecule has 3 nitrogen and oxygen atoms in total. The Labute approximate surface area is 220 Å². The van der Waals surface area contributed by atoms with Gasteiger partial charge < -0.3 is 0 Å². The van der Waals surface area contributed by atoms with Gasteiger partial charge in [0.1, 0.15) is 0 Å². The molecule has 0 atom stereocenters. The fraction of sp³-hybridized carbons (Fsp3) is 0. The predicted molar refractivity (Wildman–Crippen MR) is 156 cm³/mol. The summed E-state index contributed by atoms with van der Waals surface area (Å²) < 4.78 is 0. The van der Waals surface area contributed by atoms with E-state index in [0.717, 1.165) is 38.9 Å². The molecule has 6 aromatic carbocycles. The summed E-state index contributed by atoms with van der Waals surface area (Å²) in [6, 6.07) is 45.7. The second kappa shape index (κ2) is 8.96. The molecule has 7 rings (SSSR count). The SMILES string of the molecule is N#Cc1ccc(-c2cc(-c3c4ccccc4cc4c3ccc3ccccc34)nc(-c3ccccc3)n2)cc1. The Kier molecular flexibility index (Phi) is 5.17. The van der Waals surface area contributed by atoms with Gasteiger partial charge in [-0.05, 0) is 56.6 Å². The summed E-state index contributed by atoms with van der Waals surface area (Å²) in [5.74, 6) is 0.671. The highest BCUT2D eigenvalue weighted by molar-refractivity contribution is 6.19. The van der Waals surface area contributed by atoms with Crippen molar-refractivity contribution in [1.29, 1.82) is 5.26 Å². The number of fused-ring (bicyclic) bond motifs is 4. The van der Waals surface area contributed by atoms with E-state index in [1.165, 1.54) is 21.5 Å². The third kappa shape index (κ3) is 3.68. The Morgan fingerprint density at radius 3 is 1.95 bits per heavy atom. The van der Waals surface area contributed by atoms with E-state index in [-0.39, 0.29) is 0 Å². The summed E-state index contributed by atoms with van der Waals surface area (Å²) in [6.45, 7) is 0. The molecule has 0 saturated carbocycles. The lowest BCUT2D eigenvalue weighted by atomic mass is 9.91. The van der Waals surface area contributed by atoms with Crippen molar-refractivity contribution in [3.05, 3.63) is 133 Å². The minimum atomic E-state index is 0.623. The van der Waals surface area contributed by atoms with Crippen LogP contribution in [-0.2, 0) is 0 Å². The minimum Gasteiger partial charge on any atom is -0.228 e. The number of rotatable bonds is 3. The molecule has 3 heteroatoms. The van der Waals surface area contributed by atoms with Crippen LogP contribution in [0.1, 0.15) is 5.56 Å². The quantitative estimate of drug-likeness (QED) is 0.186. The van der Waals surface area contributed by atoms with Gasteiger partial charge in [0.25, 0.3) is 0 Å². The van der Waals surface area contributed by atoms with Crippen molar-refractivity contribution < 1.29 is 0 Å². The van der Waals surface area contributed by atoms with Gasteiger partial charge in [0.2, 0.25) is 0 Å². The van der Waals surface area contributed by atoms with Crippen LogP contribution in [0.25, 0.3) is 66.2 Å². The molecule has 0 unspecified atom stereocenters. The Hall–Kier alpha value is -5.33. The normalized spacial score (nSPS) is 11.1. The average Bonchev–Trinajstić information content (AvgIpc) is 3.00. The lowest BCUT2D eigenvalue weighted by Crippen LogP contribution is -1.97. The van der Waals surface area contributed by atoms with Crippen LogP contribution in [0.5, 0.6) is 0 Å². The summed E-state index contributed by atoms with van der Waals surface area (Å²) >= 11 is 0. The first-order valence-electron chi connectivity index (χ1n) is 12.6. The Balaban J connectivity index is 1.58. The van der Waals surface area contributed by atoms with Crippen molar-refractivity contribution in [2.75, 3.05) is 0 Å². The van der Waals surface area contributed by atoms with Gasteiger partial charge in [0.15, 0.2) is 5.82 Å². The summed E-state index contributed by atoms with van der Waals surface area (Å²) in [4.78, 5) is 10.1. The molecule has 1 aromatic heterocycles. The highest BCUT2D eigenvalue weighted by Crippen LogP contribution is 2.40. The molecule has 0 radical (unpaired) electrons. The van der Waals surface area contributed by atoms with Crippen molar-refractivity contribution in [3.8, 4) is 40.0 Å². The molecular formula is C35H21N3. The number of nitrogens with zero attached hydrogens (tertiary/aromatic N) is 3. The van der Waals surface area contributed by atoms with Crippen LogP contribution >= 0.6 is 0 Å². The summed E-state index contributed by atoms with van der Waals surface area (Å²) in [5, 5.41) is 16.4. The molecule has 0 fully saturated rings. The second-order valence-corrected chi connectivity index (χ2v) is 9.37. The van der Waals surface area contributed by atoms with E-state index in [1.807, 2.05) is 54.6 Å². The summed E-state index contributed by atoms with van der Waals surface area (Å²) in [7, 11) is 0. The van der Waals surface area contributed by atoms with Crippen LogP contribution in [-0.4, -0.2) is 9.97 Å². The van der Waals surface area contributed by atoms with E-state index < -0.39 is 0 Å². The van der Waals surface area contributed by atoms with Gasteiger partial charge in [-0.3, -0.25) is 0 Å². The fourth-order valence-electron chi connectivity index (χ4n) is 5.25. The van der Waals surface area contributed by atoms with E-state index in [1.54, 1.807) is 0 Å². The van der Waals surface area contributed by atoms with Gasteiger partial charge in [-0.15, -0.1) is 0 Å². The fourth-order valence-corrected chi connectivity index (χ4v) is 5.25. The third-order valence-corrected chi connectivity index (χ3v) is 7.09. The molecule has 0 aliphatic rings. The molecule has 0 saturated heterocycles. The van der Waals surface area contributed by atoms with Crippen molar-refractivity contribution in [1.82, 2.24) is 9.97 Å². The number of benzene rings is 6. The largest absolute Gasteiger partial charge is 0.228 e. The molecule has 0 aliphatic heterocycles. The Morgan fingerprint density at radius 1 is 0.474 bits per heavy atom. The second-order valence-electron chi connectivity index (χ2n) is 9.37. The molecule has 38 heavy (non-hydrogen) atoms. The Morgan fingerprint density at radius 2 is 1.16 bits per heavy atom. The Bertz CT molecular complexity index is 2020. The van der Waals surface area contributed by atoms with Gasteiger partial charge in [0.05, 0.1) is 23.0 Å². The lowest BCUT2D eigenvalue weighted by molar-refractivity contribution is 1.19. The van der Waals surface area contributed by atoms with E-state index >= 15 is 0 Å². The van der Waals surface area contributed by atoms with Gasteiger partial charge in [-0.1, -0.05) is 103 Å². The molecule has 0 amide bonds. The first-order chi connectivity index (χ1) is 18.8. The van der Waals surface area contributed by atoms with Crippen molar-refractivity contribution in [3.63, 3.8) is 0 Å². The standard InChI is InChI=1S/C35H21N3/c36-22-23-14-16-25(17-15-23)32-21-33(38-35(37-32)26-9-2-1-3-10-26)34-29-13-7-5-11-27(29)20-31-28-12-6-4-8-24(28)18-19-30(31)34/h1-21H. The first-order valence-corrected chi connectivity index (χ1v) is 12.6. The number of hydrogen-bond acceptors (Lipinski definition) is 3. The molecule has 176 valence electrons. The number of nitriles is 1. The van der Waals surface area contributed by atoms with Crippen LogP contribution in [0.15, 0.2) is 127 Å². The highest BCUT2D eigenvalue weighted by atomic mass is 14.9. The zero-order valence-corrected chi connectivity index (χ0v) is 20.5. The molecule has 1 heterocycles. The maximum absolute atomic E-state index is 9.29. The zero-order valence-electron chi connectivity index (χ0n) is 20.5. The average molecular weight is 484 g/mol. The van der Waals surface area contributed by atoms with Crippen LogP contribution in [0, 0.1) is 11.3 Å². The van der Waals surface area contributed by atoms with Crippen molar-refractivity contribution >= 4 is 32.3 Å². The molecule has 0 N–H and O–H groups in total. The van der Waals surface area contributed by atoms with Gasteiger partial charge >= 0.3 is 0 Å². The number of hydrogen-bond donors (Lipinski definition) is 0. The minimum absolute atomic E-state index is 0.623. The lowest BCUT2D eigenvalue weighted by Gasteiger charge is -2.15.